The minimum Gasteiger partial charge on any atom is -0.465 e. The number of carbonyl (C=O) groups is 1. The van der Waals surface area contributed by atoms with Crippen LogP contribution in [0.15, 0.2) is 30.3 Å². The number of aryl methyl sites for hydroxylation is 2. The summed E-state index contributed by atoms with van der Waals surface area (Å²) in [5.74, 6) is 1.87. The van der Waals surface area contributed by atoms with Gasteiger partial charge in [0, 0.05) is 18.7 Å². The Bertz CT molecular complexity index is 748. The Kier molecular flexibility index (Phi) is 6.27. The minimum absolute atomic E-state index is 0.467. The Morgan fingerprint density at radius 1 is 1.00 bits per heavy atom. The van der Waals surface area contributed by atoms with Crippen LogP contribution in [0.2, 0.25) is 0 Å². The summed E-state index contributed by atoms with van der Waals surface area (Å²) < 4.78 is 0. The molecule has 0 atom stereocenters. The second-order valence-corrected chi connectivity index (χ2v) is 7.63. The highest BCUT2D eigenvalue weighted by Crippen LogP contribution is 2.28. The summed E-state index contributed by atoms with van der Waals surface area (Å²) in [6.07, 6.45) is 3.45. The Hall–Kier alpha value is -2.63. The van der Waals surface area contributed by atoms with Crippen molar-refractivity contribution in [1.82, 2.24) is 15.5 Å². The number of anilines is 1. The van der Waals surface area contributed by atoms with Gasteiger partial charge in [-0.25, -0.2) is 4.79 Å². The topological polar surface area (TPSA) is 87.1 Å². The number of nitrogens with one attached hydrogen (secondary N) is 2. The Morgan fingerprint density at radius 3 is 2.19 bits per heavy atom. The maximum Gasteiger partial charge on any atom is 0.404 e. The van der Waals surface area contributed by atoms with Crippen LogP contribution in [0, 0.1) is 25.7 Å². The molecule has 27 heavy (non-hydrogen) atoms. The first kappa shape index (κ1) is 19.1. The zero-order valence-corrected chi connectivity index (χ0v) is 16.0. The molecule has 0 spiro atoms. The normalized spacial score (nSPS) is 19.5. The Labute approximate surface area is 160 Å². The number of nitrogens with zero attached hydrogens (tertiary/aromatic N) is 2. The van der Waals surface area contributed by atoms with Crippen LogP contribution >= 0.6 is 0 Å². The molecule has 0 unspecified atom stereocenters. The predicted octanol–water partition coefficient (Wildman–Crippen LogP) is 4.25. The van der Waals surface area contributed by atoms with Crippen LogP contribution in [0.25, 0.3) is 11.3 Å². The van der Waals surface area contributed by atoms with Crippen molar-refractivity contribution in [2.75, 3.05) is 18.4 Å². The van der Waals surface area contributed by atoms with Gasteiger partial charge in [0.1, 0.15) is 5.82 Å². The van der Waals surface area contributed by atoms with E-state index in [4.69, 9.17) is 5.11 Å². The number of benzene rings is 1. The van der Waals surface area contributed by atoms with Gasteiger partial charge in [0.05, 0.1) is 5.69 Å². The summed E-state index contributed by atoms with van der Waals surface area (Å²) in [5.41, 5.74) is 4.44. The van der Waals surface area contributed by atoms with Crippen molar-refractivity contribution in [3.8, 4) is 11.3 Å². The van der Waals surface area contributed by atoms with Gasteiger partial charge in [-0.1, -0.05) is 17.2 Å². The SMILES string of the molecule is Cc1cc(C)cc(-c2ccc(NCC3CCC(CNC(=O)O)CC3)nn2)c1. The summed E-state index contributed by atoms with van der Waals surface area (Å²) in [5, 5.41) is 23.3. The molecule has 1 amide bonds. The molecular weight excluding hydrogens is 340 g/mol. The fraction of sp³-hybridized carbons (Fsp3) is 0.476. The largest absolute Gasteiger partial charge is 0.465 e. The third kappa shape index (κ3) is 5.67. The summed E-state index contributed by atoms with van der Waals surface area (Å²) in [4.78, 5) is 10.6. The molecule has 0 bridgehead atoms. The molecule has 6 nitrogen and oxygen atoms in total. The first-order chi connectivity index (χ1) is 13.0. The van der Waals surface area contributed by atoms with E-state index in [1.165, 1.54) is 11.1 Å². The third-order valence-corrected chi connectivity index (χ3v) is 5.26. The van der Waals surface area contributed by atoms with Crippen molar-refractivity contribution in [1.29, 1.82) is 0 Å². The van der Waals surface area contributed by atoms with Crippen molar-refractivity contribution in [2.45, 2.75) is 39.5 Å². The molecular formula is C21H28N4O2. The molecule has 6 heteroatoms. The van der Waals surface area contributed by atoms with Crippen molar-refractivity contribution in [3.05, 3.63) is 41.5 Å². The Balaban J connectivity index is 1.47. The first-order valence-electron chi connectivity index (χ1n) is 9.62. The second-order valence-electron chi connectivity index (χ2n) is 7.63. The predicted molar refractivity (Wildman–Crippen MR) is 107 cm³/mol. The molecule has 1 heterocycles. The van der Waals surface area contributed by atoms with Crippen LogP contribution in [0.1, 0.15) is 36.8 Å². The molecule has 0 saturated heterocycles. The van der Waals surface area contributed by atoms with Crippen LogP contribution in [0.3, 0.4) is 0 Å². The highest BCUT2D eigenvalue weighted by molar-refractivity contribution is 5.64. The van der Waals surface area contributed by atoms with E-state index in [1.54, 1.807) is 0 Å². The van der Waals surface area contributed by atoms with Gasteiger partial charge < -0.3 is 15.7 Å². The van der Waals surface area contributed by atoms with E-state index >= 15 is 0 Å². The van der Waals surface area contributed by atoms with E-state index < -0.39 is 6.09 Å². The zero-order chi connectivity index (χ0) is 19.2. The van der Waals surface area contributed by atoms with Crippen molar-refractivity contribution in [3.63, 3.8) is 0 Å². The lowest BCUT2D eigenvalue weighted by atomic mass is 9.82. The first-order valence-corrected chi connectivity index (χ1v) is 9.62. The van der Waals surface area contributed by atoms with E-state index in [2.05, 4.69) is 52.9 Å². The van der Waals surface area contributed by atoms with Crippen LogP contribution in [0.5, 0.6) is 0 Å². The van der Waals surface area contributed by atoms with Crippen LogP contribution in [0.4, 0.5) is 10.6 Å². The summed E-state index contributed by atoms with van der Waals surface area (Å²) >= 11 is 0. The summed E-state index contributed by atoms with van der Waals surface area (Å²) in [6.45, 7) is 5.64. The van der Waals surface area contributed by atoms with Gasteiger partial charge in [-0.15, -0.1) is 10.2 Å². The average Bonchev–Trinajstić information content (AvgIpc) is 2.65. The third-order valence-electron chi connectivity index (χ3n) is 5.26. The van der Waals surface area contributed by atoms with E-state index in [0.717, 1.165) is 49.3 Å². The van der Waals surface area contributed by atoms with E-state index in [9.17, 15) is 4.79 Å². The molecule has 3 rings (SSSR count). The number of rotatable bonds is 6. The minimum atomic E-state index is -0.929. The monoisotopic (exact) mass is 368 g/mol. The van der Waals surface area contributed by atoms with E-state index in [1.807, 2.05) is 12.1 Å². The number of hydrogen-bond acceptors (Lipinski definition) is 4. The van der Waals surface area contributed by atoms with Crippen molar-refractivity contribution in [2.24, 2.45) is 11.8 Å². The highest BCUT2D eigenvalue weighted by Gasteiger charge is 2.21. The molecule has 1 saturated carbocycles. The van der Waals surface area contributed by atoms with Gasteiger partial charge in [0.15, 0.2) is 0 Å². The molecule has 2 aromatic rings. The molecule has 1 aliphatic carbocycles. The lowest BCUT2D eigenvalue weighted by Gasteiger charge is -2.28. The highest BCUT2D eigenvalue weighted by atomic mass is 16.4. The fourth-order valence-corrected chi connectivity index (χ4v) is 3.82. The van der Waals surface area contributed by atoms with Gasteiger partial charge in [-0.3, -0.25) is 0 Å². The number of hydrogen-bond donors (Lipinski definition) is 3. The average molecular weight is 368 g/mol. The number of aromatic nitrogens is 2. The number of carboxylic acid groups (broad SMARTS) is 1. The van der Waals surface area contributed by atoms with Gasteiger partial charge in [-0.2, -0.15) is 0 Å². The van der Waals surface area contributed by atoms with Crippen LogP contribution < -0.4 is 10.6 Å². The lowest BCUT2D eigenvalue weighted by Crippen LogP contribution is -2.31. The number of amides is 1. The molecule has 1 aromatic heterocycles. The van der Waals surface area contributed by atoms with Gasteiger partial charge in [0.2, 0.25) is 0 Å². The summed E-state index contributed by atoms with van der Waals surface area (Å²) in [6, 6.07) is 10.4. The molecule has 0 aliphatic heterocycles. The van der Waals surface area contributed by atoms with E-state index in [-0.39, 0.29) is 0 Å². The lowest BCUT2D eigenvalue weighted by molar-refractivity contribution is 0.188. The zero-order valence-electron chi connectivity index (χ0n) is 16.0. The molecule has 144 valence electrons. The van der Waals surface area contributed by atoms with Crippen LogP contribution in [-0.2, 0) is 0 Å². The Morgan fingerprint density at radius 2 is 1.63 bits per heavy atom. The van der Waals surface area contributed by atoms with Gasteiger partial charge in [0.25, 0.3) is 0 Å². The fourth-order valence-electron chi connectivity index (χ4n) is 3.82. The molecule has 1 aromatic carbocycles. The van der Waals surface area contributed by atoms with E-state index in [0.29, 0.717) is 18.4 Å². The quantitative estimate of drug-likeness (QED) is 0.710. The second kappa shape index (κ2) is 8.84. The van der Waals surface area contributed by atoms with Gasteiger partial charge >= 0.3 is 6.09 Å². The van der Waals surface area contributed by atoms with Crippen molar-refractivity contribution < 1.29 is 9.90 Å². The molecule has 1 fully saturated rings. The molecule has 3 N–H and O–H groups in total. The molecule has 1 aliphatic rings. The maximum atomic E-state index is 10.6. The molecule has 0 radical (unpaired) electrons. The smallest absolute Gasteiger partial charge is 0.404 e. The standard InChI is InChI=1S/C21H28N4O2/c1-14-9-15(2)11-18(10-14)19-7-8-20(25-24-19)22-12-16-3-5-17(6-4-16)13-23-21(26)27/h7-11,16-17,23H,3-6,12-13H2,1-2H3,(H,22,25)(H,26,27). The van der Waals surface area contributed by atoms with Gasteiger partial charge in [-0.05, 0) is 75.6 Å². The van der Waals surface area contributed by atoms with Crippen LogP contribution in [-0.4, -0.2) is 34.5 Å². The maximum absolute atomic E-state index is 10.6. The summed E-state index contributed by atoms with van der Waals surface area (Å²) in [7, 11) is 0. The van der Waals surface area contributed by atoms with Crippen molar-refractivity contribution >= 4 is 11.9 Å².